The van der Waals surface area contributed by atoms with Gasteiger partial charge in [0.25, 0.3) is 0 Å². The maximum Gasteiger partial charge on any atom is 0.243 e. The second kappa shape index (κ2) is 5.12. The molecule has 3 atom stereocenters. The number of aliphatic hydroxyl groups excluding tert-OH is 1. The molecule has 17 heavy (non-hydrogen) atoms. The van der Waals surface area contributed by atoms with E-state index in [9.17, 15) is 5.11 Å². The first-order valence-electron chi connectivity index (χ1n) is 5.89. The SMILES string of the molecule is COC(c1noc([C@@H]2C[C@@H](O)CN2)n1)C(C)C. The Morgan fingerprint density at radius 2 is 2.29 bits per heavy atom. The minimum Gasteiger partial charge on any atom is -0.392 e. The van der Waals surface area contributed by atoms with Crippen molar-refractivity contribution < 1.29 is 14.4 Å². The van der Waals surface area contributed by atoms with E-state index in [0.717, 1.165) is 0 Å². The van der Waals surface area contributed by atoms with E-state index in [0.29, 0.717) is 24.7 Å². The van der Waals surface area contributed by atoms with Gasteiger partial charge in [-0.05, 0) is 12.3 Å². The summed E-state index contributed by atoms with van der Waals surface area (Å²) >= 11 is 0. The van der Waals surface area contributed by atoms with Crippen LogP contribution in [-0.4, -0.2) is 35.0 Å². The minimum absolute atomic E-state index is 0.0454. The zero-order valence-corrected chi connectivity index (χ0v) is 10.4. The molecule has 1 aliphatic rings. The molecule has 1 aromatic rings. The number of methoxy groups -OCH3 is 1. The molecule has 6 nitrogen and oxygen atoms in total. The van der Waals surface area contributed by atoms with Crippen LogP contribution in [0.25, 0.3) is 0 Å². The van der Waals surface area contributed by atoms with Crippen molar-refractivity contribution in [1.82, 2.24) is 15.5 Å². The third-order valence-electron chi connectivity index (χ3n) is 2.98. The van der Waals surface area contributed by atoms with Crippen LogP contribution in [0.2, 0.25) is 0 Å². The van der Waals surface area contributed by atoms with E-state index in [1.807, 2.05) is 13.8 Å². The summed E-state index contributed by atoms with van der Waals surface area (Å²) in [5.41, 5.74) is 0. The van der Waals surface area contributed by atoms with Crippen molar-refractivity contribution in [1.29, 1.82) is 0 Å². The molecule has 2 heterocycles. The lowest BCUT2D eigenvalue weighted by Crippen LogP contribution is -2.15. The van der Waals surface area contributed by atoms with Crippen LogP contribution < -0.4 is 5.32 Å². The van der Waals surface area contributed by atoms with Gasteiger partial charge in [0.15, 0.2) is 0 Å². The van der Waals surface area contributed by atoms with Crippen LogP contribution in [0, 0.1) is 5.92 Å². The highest BCUT2D eigenvalue weighted by Gasteiger charge is 2.30. The number of nitrogens with zero attached hydrogens (tertiary/aromatic N) is 2. The fourth-order valence-electron chi connectivity index (χ4n) is 2.09. The fourth-order valence-corrected chi connectivity index (χ4v) is 2.09. The first-order chi connectivity index (χ1) is 8.11. The van der Waals surface area contributed by atoms with Crippen LogP contribution in [0.1, 0.15) is 44.1 Å². The normalized spacial score (nSPS) is 26.6. The molecule has 0 bridgehead atoms. The summed E-state index contributed by atoms with van der Waals surface area (Å²) in [5, 5.41) is 16.5. The second-order valence-electron chi connectivity index (χ2n) is 4.74. The molecule has 1 saturated heterocycles. The van der Waals surface area contributed by atoms with E-state index in [-0.39, 0.29) is 24.2 Å². The lowest BCUT2D eigenvalue weighted by Gasteiger charge is -2.14. The van der Waals surface area contributed by atoms with Gasteiger partial charge in [-0.3, -0.25) is 0 Å². The fraction of sp³-hybridized carbons (Fsp3) is 0.818. The summed E-state index contributed by atoms with van der Waals surface area (Å²) in [5.74, 6) is 1.38. The molecule has 2 N–H and O–H groups in total. The monoisotopic (exact) mass is 241 g/mol. The highest BCUT2D eigenvalue weighted by molar-refractivity contribution is 4.99. The molecule has 0 amide bonds. The highest BCUT2D eigenvalue weighted by atomic mass is 16.5. The number of rotatable bonds is 4. The second-order valence-corrected chi connectivity index (χ2v) is 4.74. The Morgan fingerprint density at radius 3 is 2.82 bits per heavy atom. The molecular formula is C11H19N3O3. The lowest BCUT2D eigenvalue weighted by atomic mass is 10.1. The van der Waals surface area contributed by atoms with Crippen molar-refractivity contribution in [2.24, 2.45) is 5.92 Å². The molecule has 1 aliphatic heterocycles. The minimum atomic E-state index is -0.335. The first kappa shape index (κ1) is 12.5. The molecule has 1 aromatic heterocycles. The Morgan fingerprint density at radius 1 is 1.53 bits per heavy atom. The number of hydrogen-bond donors (Lipinski definition) is 2. The van der Waals surface area contributed by atoms with Crippen molar-refractivity contribution in [2.45, 2.75) is 38.5 Å². The van der Waals surface area contributed by atoms with Crippen LogP contribution in [0.4, 0.5) is 0 Å². The topological polar surface area (TPSA) is 80.4 Å². The lowest BCUT2D eigenvalue weighted by molar-refractivity contribution is 0.0555. The molecule has 96 valence electrons. The number of β-amino-alcohol motifs (C(OH)–C–C–N with tert-alkyl or cyclic N) is 1. The van der Waals surface area contributed by atoms with Gasteiger partial charge in [0.1, 0.15) is 6.10 Å². The highest BCUT2D eigenvalue weighted by Crippen LogP contribution is 2.26. The molecule has 0 radical (unpaired) electrons. The zero-order chi connectivity index (χ0) is 12.4. The maximum atomic E-state index is 9.43. The number of aromatic nitrogens is 2. The van der Waals surface area contributed by atoms with Gasteiger partial charge < -0.3 is 19.7 Å². The predicted molar refractivity (Wildman–Crippen MR) is 60.3 cm³/mol. The van der Waals surface area contributed by atoms with E-state index < -0.39 is 0 Å². The Kier molecular flexibility index (Phi) is 3.76. The number of aliphatic hydroxyl groups is 1. The summed E-state index contributed by atoms with van der Waals surface area (Å²) in [6.45, 7) is 4.66. The van der Waals surface area contributed by atoms with E-state index in [1.54, 1.807) is 7.11 Å². The number of hydrogen-bond acceptors (Lipinski definition) is 6. The molecule has 6 heteroatoms. The Hall–Kier alpha value is -0.980. The van der Waals surface area contributed by atoms with Gasteiger partial charge in [-0.15, -0.1) is 0 Å². The van der Waals surface area contributed by atoms with E-state index in [1.165, 1.54) is 0 Å². The summed E-state index contributed by atoms with van der Waals surface area (Å²) in [6.07, 6.45) is 0.124. The molecule has 1 fully saturated rings. The van der Waals surface area contributed by atoms with Crippen molar-refractivity contribution >= 4 is 0 Å². The van der Waals surface area contributed by atoms with Crippen LogP contribution in [0.3, 0.4) is 0 Å². The number of nitrogens with one attached hydrogen (secondary N) is 1. The van der Waals surface area contributed by atoms with Crippen molar-refractivity contribution in [2.75, 3.05) is 13.7 Å². The van der Waals surface area contributed by atoms with Crippen LogP contribution >= 0.6 is 0 Å². The van der Waals surface area contributed by atoms with Gasteiger partial charge >= 0.3 is 0 Å². The van der Waals surface area contributed by atoms with Crippen molar-refractivity contribution in [3.8, 4) is 0 Å². The van der Waals surface area contributed by atoms with Gasteiger partial charge in [0.05, 0.1) is 12.1 Å². The molecule has 0 aromatic carbocycles. The van der Waals surface area contributed by atoms with Gasteiger partial charge in [-0.1, -0.05) is 19.0 Å². The van der Waals surface area contributed by atoms with E-state index in [2.05, 4.69) is 15.5 Å². The average Bonchev–Trinajstić information content (AvgIpc) is 2.87. The summed E-state index contributed by atoms with van der Waals surface area (Å²) < 4.78 is 10.6. The molecule has 0 saturated carbocycles. The van der Waals surface area contributed by atoms with Crippen molar-refractivity contribution in [3.63, 3.8) is 0 Å². The third kappa shape index (κ3) is 2.65. The molecule has 0 aliphatic carbocycles. The van der Waals surface area contributed by atoms with E-state index >= 15 is 0 Å². The van der Waals surface area contributed by atoms with Crippen LogP contribution in [-0.2, 0) is 4.74 Å². The van der Waals surface area contributed by atoms with Gasteiger partial charge in [-0.25, -0.2) is 0 Å². The summed E-state index contributed by atoms with van der Waals surface area (Å²) in [7, 11) is 1.64. The number of ether oxygens (including phenoxy) is 1. The Labute approximate surface area is 100 Å². The molecule has 1 unspecified atom stereocenters. The van der Waals surface area contributed by atoms with Crippen LogP contribution in [0.15, 0.2) is 4.52 Å². The van der Waals surface area contributed by atoms with Gasteiger partial charge in [-0.2, -0.15) is 4.98 Å². The largest absolute Gasteiger partial charge is 0.392 e. The third-order valence-corrected chi connectivity index (χ3v) is 2.98. The Balaban J connectivity index is 2.10. The van der Waals surface area contributed by atoms with E-state index in [4.69, 9.17) is 9.26 Å². The smallest absolute Gasteiger partial charge is 0.243 e. The standard InChI is InChI=1S/C11H19N3O3/c1-6(2)9(16-3)10-13-11(17-14-10)8-4-7(15)5-12-8/h6-9,12,15H,4-5H2,1-3H3/t7-,8+,9?/m1/s1. The van der Waals surface area contributed by atoms with Crippen LogP contribution in [0.5, 0.6) is 0 Å². The summed E-state index contributed by atoms with van der Waals surface area (Å²) in [6, 6.07) is -0.0454. The predicted octanol–water partition coefficient (Wildman–Crippen LogP) is 0.808. The zero-order valence-electron chi connectivity index (χ0n) is 10.4. The Bertz CT molecular complexity index is 367. The van der Waals surface area contributed by atoms with Crippen molar-refractivity contribution in [3.05, 3.63) is 11.7 Å². The summed E-state index contributed by atoms with van der Waals surface area (Å²) in [4.78, 5) is 4.34. The average molecular weight is 241 g/mol. The maximum absolute atomic E-state index is 9.43. The quantitative estimate of drug-likeness (QED) is 0.812. The molecular weight excluding hydrogens is 222 g/mol. The van der Waals surface area contributed by atoms with Gasteiger partial charge in [0, 0.05) is 13.7 Å². The molecule has 2 rings (SSSR count). The first-order valence-corrected chi connectivity index (χ1v) is 5.89. The van der Waals surface area contributed by atoms with Gasteiger partial charge in [0.2, 0.25) is 11.7 Å². The molecule has 0 spiro atoms.